The van der Waals surface area contributed by atoms with Gasteiger partial charge in [-0.3, -0.25) is 4.90 Å². The van der Waals surface area contributed by atoms with Crippen molar-refractivity contribution < 1.29 is 9.53 Å². The van der Waals surface area contributed by atoms with Gasteiger partial charge in [0, 0.05) is 25.2 Å². The Bertz CT molecular complexity index is 403. The van der Waals surface area contributed by atoms with E-state index < -0.39 is 5.60 Å². The number of carbonyl (C=O) groups is 1. The van der Waals surface area contributed by atoms with Gasteiger partial charge in [-0.05, 0) is 67.0 Å². The summed E-state index contributed by atoms with van der Waals surface area (Å²) in [7, 11) is 0. The van der Waals surface area contributed by atoms with Crippen LogP contribution in [0.2, 0.25) is 0 Å². The second-order valence-corrected chi connectivity index (χ2v) is 8.01. The summed E-state index contributed by atoms with van der Waals surface area (Å²) < 4.78 is 5.29. The van der Waals surface area contributed by atoms with E-state index in [9.17, 15) is 4.79 Å². The number of hydrogen-bond donors (Lipinski definition) is 2. The van der Waals surface area contributed by atoms with Gasteiger partial charge >= 0.3 is 6.09 Å². The third kappa shape index (κ3) is 9.28. The largest absolute Gasteiger partial charge is 0.444 e. The first-order valence-corrected chi connectivity index (χ1v) is 9.28. The van der Waals surface area contributed by atoms with Crippen molar-refractivity contribution in [2.75, 3.05) is 26.2 Å². The Morgan fingerprint density at radius 3 is 2.42 bits per heavy atom. The number of carbonyl (C=O) groups excluding carboxylic acids is 1. The van der Waals surface area contributed by atoms with E-state index in [2.05, 4.69) is 42.4 Å². The van der Waals surface area contributed by atoms with Crippen LogP contribution in [0.25, 0.3) is 0 Å². The standard InChI is InChI=1S/C19H37N3O2/c1-7-16(14-20-18(23)24-19(4,5)6)21-17-9-12-22(13-10-17)11-8-15(2)3/h8,16-17,21H,7,9-14H2,1-6H3,(H,20,23). The SMILES string of the molecule is CCC(CNC(=O)OC(C)(C)C)NC1CCN(CC=C(C)C)CC1. The first-order valence-electron chi connectivity index (χ1n) is 9.28. The fourth-order valence-electron chi connectivity index (χ4n) is 2.77. The average Bonchev–Trinajstić information content (AvgIpc) is 2.48. The average molecular weight is 340 g/mol. The molecule has 2 N–H and O–H groups in total. The molecule has 0 radical (unpaired) electrons. The predicted octanol–water partition coefficient (Wildman–Crippen LogP) is 3.31. The molecule has 1 heterocycles. The maximum Gasteiger partial charge on any atom is 0.407 e. The highest BCUT2D eigenvalue weighted by molar-refractivity contribution is 5.67. The molecule has 1 atom stereocenters. The van der Waals surface area contributed by atoms with Crippen LogP contribution < -0.4 is 10.6 Å². The third-order valence-corrected chi connectivity index (χ3v) is 4.20. The lowest BCUT2D eigenvalue weighted by Gasteiger charge is -2.34. The summed E-state index contributed by atoms with van der Waals surface area (Å²) in [6.07, 6.45) is 5.29. The molecule has 140 valence electrons. The van der Waals surface area contributed by atoms with E-state index in [0.29, 0.717) is 18.6 Å². The van der Waals surface area contributed by atoms with Gasteiger partial charge in [-0.2, -0.15) is 0 Å². The highest BCUT2D eigenvalue weighted by atomic mass is 16.6. The third-order valence-electron chi connectivity index (χ3n) is 4.20. The van der Waals surface area contributed by atoms with Crippen molar-refractivity contribution in [3.05, 3.63) is 11.6 Å². The van der Waals surface area contributed by atoms with E-state index in [1.54, 1.807) is 0 Å². The zero-order chi connectivity index (χ0) is 18.2. The Hall–Kier alpha value is -1.07. The molecule has 1 unspecified atom stereocenters. The smallest absolute Gasteiger partial charge is 0.407 e. The lowest BCUT2D eigenvalue weighted by Crippen LogP contribution is -2.50. The molecule has 1 amide bonds. The van der Waals surface area contributed by atoms with E-state index >= 15 is 0 Å². The lowest BCUT2D eigenvalue weighted by atomic mass is 10.0. The van der Waals surface area contributed by atoms with Crippen LogP contribution in [0.15, 0.2) is 11.6 Å². The molecule has 1 aliphatic heterocycles. The number of ether oxygens (including phenoxy) is 1. The summed E-state index contributed by atoms with van der Waals surface area (Å²) in [5, 5.41) is 6.58. The molecular formula is C19H37N3O2. The van der Waals surface area contributed by atoms with Gasteiger partial charge in [0.05, 0.1) is 0 Å². The normalized spacial score (nSPS) is 18.1. The maximum absolute atomic E-state index is 11.8. The van der Waals surface area contributed by atoms with Gasteiger partial charge in [-0.25, -0.2) is 4.79 Å². The van der Waals surface area contributed by atoms with Crippen LogP contribution in [0.1, 0.15) is 60.8 Å². The van der Waals surface area contributed by atoms with Gasteiger partial charge in [0.1, 0.15) is 5.60 Å². The summed E-state index contributed by atoms with van der Waals surface area (Å²) in [6, 6.07) is 0.838. The molecule has 1 rings (SSSR count). The van der Waals surface area contributed by atoms with Crippen molar-refractivity contribution in [3.8, 4) is 0 Å². The highest BCUT2D eigenvalue weighted by Gasteiger charge is 2.22. The van der Waals surface area contributed by atoms with Gasteiger partial charge in [0.2, 0.25) is 0 Å². The van der Waals surface area contributed by atoms with Crippen molar-refractivity contribution in [2.45, 2.75) is 78.5 Å². The summed E-state index contributed by atoms with van der Waals surface area (Å²) in [6.45, 7) is 16.0. The number of rotatable bonds is 7. The number of hydrogen-bond acceptors (Lipinski definition) is 4. The van der Waals surface area contributed by atoms with Gasteiger partial charge < -0.3 is 15.4 Å². The van der Waals surface area contributed by atoms with Gasteiger partial charge in [0.15, 0.2) is 0 Å². The zero-order valence-electron chi connectivity index (χ0n) is 16.4. The highest BCUT2D eigenvalue weighted by Crippen LogP contribution is 2.12. The summed E-state index contributed by atoms with van der Waals surface area (Å²) in [5.41, 5.74) is 0.937. The molecule has 0 aliphatic carbocycles. The molecule has 0 bridgehead atoms. The number of likely N-dealkylation sites (tertiary alicyclic amines) is 1. The minimum absolute atomic E-state index is 0.298. The number of alkyl carbamates (subject to hydrolysis) is 1. The fraction of sp³-hybridized carbons (Fsp3) is 0.842. The molecule has 0 aromatic carbocycles. The Morgan fingerprint density at radius 2 is 1.92 bits per heavy atom. The van der Waals surface area contributed by atoms with Gasteiger partial charge in [-0.15, -0.1) is 0 Å². The second-order valence-electron chi connectivity index (χ2n) is 8.01. The second kappa shape index (κ2) is 10.0. The zero-order valence-corrected chi connectivity index (χ0v) is 16.4. The van der Waals surface area contributed by atoms with Crippen LogP contribution in [0.4, 0.5) is 4.79 Å². The minimum atomic E-state index is -0.447. The monoisotopic (exact) mass is 339 g/mol. The molecule has 24 heavy (non-hydrogen) atoms. The van der Waals surface area contributed by atoms with Crippen LogP contribution >= 0.6 is 0 Å². The van der Waals surface area contributed by atoms with Gasteiger partial charge in [-0.1, -0.05) is 18.6 Å². The van der Waals surface area contributed by atoms with Gasteiger partial charge in [0.25, 0.3) is 0 Å². The molecule has 1 saturated heterocycles. The van der Waals surface area contributed by atoms with E-state index in [0.717, 1.165) is 26.1 Å². The Labute approximate surface area is 148 Å². The summed E-state index contributed by atoms with van der Waals surface area (Å²) in [5.74, 6) is 0. The number of nitrogens with one attached hydrogen (secondary N) is 2. The number of amides is 1. The van der Waals surface area contributed by atoms with Crippen LogP contribution in [-0.2, 0) is 4.74 Å². The molecule has 5 nitrogen and oxygen atoms in total. The van der Waals surface area contributed by atoms with Crippen molar-refractivity contribution >= 4 is 6.09 Å². The quantitative estimate of drug-likeness (QED) is 0.699. The van der Waals surface area contributed by atoms with Crippen LogP contribution in [0.3, 0.4) is 0 Å². The topological polar surface area (TPSA) is 53.6 Å². The van der Waals surface area contributed by atoms with E-state index in [1.807, 2.05) is 20.8 Å². The van der Waals surface area contributed by atoms with E-state index in [4.69, 9.17) is 4.74 Å². The van der Waals surface area contributed by atoms with Crippen LogP contribution in [0.5, 0.6) is 0 Å². The van der Waals surface area contributed by atoms with Crippen molar-refractivity contribution in [3.63, 3.8) is 0 Å². The molecule has 5 heteroatoms. The maximum atomic E-state index is 11.8. The molecule has 0 saturated carbocycles. The minimum Gasteiger partial charge on any atom is -0.444 e. The molecule has 0 aromatic rings. The first kappa shape index (κ1) is 21.0. The molecule has 1 fully saturated rings. The Morgan fingerprint density at radius 1 is 1.29 bits per heavy atom. The van der Waals surface area contributed by atoms with E-state index in [1.165, 1.54) is 18.4 Å². The van der Waals surface area contributed by atoms with E-state index in [-0.39, 0.29) is 6.09 Å². The van der Waals surface area contributed by atoms with Crippen molar-refractivity contribution in [2.24, 2.45) is 0 Å². The fourth-order valence-corrected chi connectivity index (χ4v) is 2.77. The number of nitrogens with zero attached hydrogens (tertiary/aromatic N) is 1. The predicted molar refractivity (Wildman–Crippen MR) is 100 cm³/mol. The van der Waals surface area contributed by atoms with Crippen LogP contribution in [0, 0.1) is 0 Å². The number of allylic oxidation sites excluding steroid dienone is 1. The Balaban J connectivity index is 2.29. The van der Waals surface area contributed by atoms with Crippen molar-refractivity contribution in [1.82, 2.24) is 15.5 Å². The first-order chi connectivity index (χ1) is 11.2. The van der Waals surface area contributed by atoms with Crippen LogP contribution in [-0.4, -0.2) is 54.9 Å². The molecule has 0 aromatic heterocycles. The Kier molecular flexibility index (Phi) is 8.78. The molecule has 1 aliphatic rings. The van der Waals surface area contributed by atoms with Crippen molar-refractivity contribution in [1.29, 1.82) is 0 Å². The molecular weight excluding hydrogens is 302 g/mol. The summed E-state index contributed by atoms with van der Waals surface area (Å²) >= 11 is 0. The lowest BCUT2D eigenvalue weighted by molar-refractivity contribution is 0.0520. The molecule has 0 spiro atoms. The number of piperidine rings is 1. The summed E-state index contributed by atoms with van der Waals surface area (Å²) in [4.78, 5) is 14.3.